The fourth-order valence-corrected chi connectivity index (χ4v) is 3.71. The molecule has 0 aromatic carbocycles. The van der Waals surface area contributed by atoms with Gasteiger partial charge in [-0.05, 0) is 53.6 Å². The topological polar surface area (TPSA) is 70.2 Å². The minimum atomic E-state index is -0.869. The summed E-state index contributed by atoms with van der Waals surface area (Å²) in [6, 6.07) is -1.15. The third-order valence-corrected chi connectivity index (χ3v) is 4.98. The molecule has 0 aromatic rings. The molecule has 156 valence electrons. The van der Waals surface area contributed by atoms with Crippen LogP contribution in [-0.4, -0.2) is 85.4 Å². The van der Waals surface area contributed by atoms with Crippen LogP contribution in [0.1, 0.15) is 52.9 Å². The van der Waals surface area contributed by atoms with E-state index in [0.29, 0.717) is 0 Å². The lowest BCUT2D eigenvalue weighted by Crippen LogP contribution is -2.55. The van der Waals surface area contributed by atoms with Gasteiger partial charge in [0.2, 0.25) is 11.8 Å². The van der Waals surface area contributed by atoms with Crippen molar-refractivity contribution >= 4 is 17.8 Å². The van der Waals surface area contributed by atoms with Gasteiger partial charge >= 0.3 is 5.97 Å². The van der Waals surface area contributed by atoms with Crippen molar-refractivity contribution in [3.05, 3.63) is 0 Å². The summed E-state index contributed by atoms with van der Waals surface area (Å²) in [6.45, 7) is 5.35. The highest BCUT2D eigenvalue weighted by Crippen LogP contribution is 2.31. The van der Waals surface area contributed by atoms with E-state index in [1.165, 1.54) is 9.80 Å². The number of likely N-dealkylation sites (N-methyl/N-ethyl adjacent to an activating group) is 3. The molecule has 0 bridgehead atoms. The molecule has 1 unspecified atom stereocenters. The lowest BCUT2D eigenvalue weighted by Gasteiger charge is -2.36. The lowest BCUT2D eigenvalue weighted by molar-refractivity contribution is -0.160. The summed E-state index contributed by atoms with van der Waals surface area (Å²) < 4.78 is 5.38. The third kappa shape index (κ3) is 6.79. The maximum atomic E-state index is 13.3. The Bertz CT molecular complexity index is 534. The van der Waals surface area contributed by atoms with Gasteiger partial charge in [-0.1, -0.05) is 12.8 Å². The largest absolute Gasteiger partial charge is 0.460 e. The Kier molecular flexibility index (Phi) is 8.26. The number of nitrogens with zero attached hydrogens (tertiary/aromatic N) is 3. The molecule has 0 heterocycles. The van der Waals surface area contributed by atoms with Crippen LogP contribution in [0.2, 0.25) is 0 Å². The van der Waals surface area contributed by atoms with Crippen LogP contribution >= 0.6 is 0 Å². The number of rotatable bonds is 7. The average molecular weight is 384 g/mol. The van der Waals surface area contributed by atoms with Gasteiger partial charge in [-0.3, -0.25) is 19.3 Å². The number of hydrogen-bond donors (Lipinski definition) is 0. The molecule has 0 spiro atoms. The van der Waals surface area contributed by atoms with Crippen LogP contribution in [0.5, 0.6) is 0 Å². The fourth-order valence-electron chi connectivity index (χ4n) is 3.71. The van der Waals surface area contributed by atoms with E-state index in [1.807, 2.05) is 19.0 Å². The maximum Gasteiger partial charge on any atom is 0.308 e. The van der Waals surface area contributed by atoms with Gasteiger partial charge in [-0.15, -0.1) is 0 Å². The summed E-state index contributed by atoms with van der Waals surface area (Å²) in [5, 5.41) is 0. The molecule has 1 saturated carbocycles. The Balaban J connectivity index is 3.02. The van der Waals surface area contributed by atoms with Gasteiger partial charge in [0.1, 0.15) is 11.6 Å². The van der Waals surface area contributed by atoms with Crippen LogP contribution in [0.25, 0.3) is 0 Å². The van der Waals surface area contributed by atoms with Crippen molar-refractivity contribution < 1.29 is 19.1 Å². The summed E-state index contributed by atoms with van der Waals surface area (Å²) in [7, 11) is 8.66. The minimum Gasteiger partial charge on any atom is -0.460 e. The highest BCUT2D eigenvalue weighted by Gasteiger charge is 2.39. The predicted octanol–water partition coefficient (Wildman–Crippen LogP) is 1.75. The van der Waals surface area contributed by atoms with Crippen LogP contribution in [0.3, 0.4) is 0 Å². The Hall–Kier alpha value is -1.63. The average Bonchev–Trinajstić information content (AvgIpc) is 3.03. The predicted molar refractivity (Wildman–Crippen MR) is 105 cm³/mol. The molecule has 0 saturated heterocycles. The number of carbonyl (C=O) groups excluding carboxylic acids is 3. The van der Waals surface area contributed by atoms with Crippen LogP contribution in [0.4, 0.5) is 0 Å². The van der Waals surface area contributed by atoms with E-state index < -0.39 is 17.6 Å². The van der Waals surface area contributed by atoms with Gasteiger partial charge in [-0.25, -0.2) is 0 Å². The molecule has 1 rings (SSSR count). The van der Waals surface area contributed by atoms with Gasteiger partial charge in [0.15, 0.2) is 0 Å². The molecule has 1 aliphatic carbocycles. The first-order chi connectivity index (χ1) is 12.3. The van der Waals surface area contributed by atoms with Crippen molar-refractivity contribution in [2.24, 2.45) is 5.92 Å². The first-order valence-electron chi connectivity index (χ1n) is 9.71. The van der Waals surface area contributed by atoms with E-state index in [4.69, 9.17) is 4.74 Å². The quantitative estimate of drug-likeness (QED) is 0.627. The summed E-state index contributed by atoms with van der Waals surface area (Å²) in [5.41, 5.74) is -0.638. The number of ether oxygens (including phenoxy) is 1. The standard InChI is InChI=1S/C20H37N3O4/c1-20(2,3)27-16(24)13-15(18(25)22(6)7)23(8)19(26)17(21(4)5)14-11-9-10-12-14/h14-15,17H,9-13H2,1-8H3/t15?,17-/m0/s1. The van der Waals surface area contributed by atoms with E-state index in [2.05, 4.69) is 0 Å². The first kappa shape index (κ1) is 23.4. The molecule has 0 N–H and O–H groups in total. The summed E-state index contributed by atoms with van der Waals surface area (Å²) in [4.78, 5) is 43.1. The second-order valence-corrected chi connectivity index (χ2v) is 8.94. The minimum absolute atomic E-state index is 0.115. The second kappa shape index (κ2) is 9.53. The second-order valence-electron chi connectivity index (χ2n) is 8.94. The highest BCUT2D eigenvalue weighted by atomic mass is 16.6. The molecule has 1 aliphatic rings. The van der Waals surface area contributed by atoms with Crippen molar-refractivity contribution in [1.82, 2.24) is 14.7 Å². The van der Waals surface area contributed by atoms with Gasteiger partial charge in [0.25, 0.3) is 0 Å². The van der Waals surface area contributed by atoms with Crippen LogP contribution in [0, 0.1) is 5.92 Å². The van der Waals surface area contributed by atoms with Gasteiger partial charge in [-0.2, -0.15) is 0 Å². The van der Waals surface area contributed by atoms with Crippen molar-refractivity contribution in [3.8, 4) is 0 Å². The van der Waals surface area contributed by atoms with Gasteiger partial charge < -0.3 is 14.5 Å². The molecule has 7 heteroatoms. The highest BCUT2D eigenvalue weighted by molar-refractivity contribution is 5.92. The van der Waals surface area contributed by atoms with Gasteiger partial charge in [0.05, 0.1) is 12.5 Å². The molecule has 0 aromatic heterocycles. The van der Waals surface area contributed by atoms with Crippen LogP contribution in [-0.2, 0) is 19.1 Å². The van der Waals surface area contributed by atoms with E-state index >= 15 is 0 Å². The van der Waals surface area contributed by atoms with Crippen LogP contribution < -0.4 is 0 Å². The smallest absolute Gasteiger partial charge is 0.308 e. The Morgan fingerprint density at radius 3 is 1.89 bits per heavy atom. The van der Waals surface area contributed by atoms with Gasteiger partial charge in [0, 0.05) is 21.1 Å². The molecular weight excluding hydrogens is 346 g/mol. The summed E-state index contributed by atoms with van der Waals surface area (Å²) in [5.74, 6) is -0.590. The molecule has 7 nitrogen and oxygen atoms in total. The third-order valence-electron chi connectivity index (χ3n) is 4.98. The normalized spacial score (nSPS) is 17.5. The monoisotopic (exact) mass is 383 g/mol. The van der Waals surface area contributed by atoms with Crippen molar-refractivity contribution in [1.29, 1.82) is 0 Å². The zero-order valence-corrected chi connectivity index (χ0v) is 18.2. The number of amides is 2. The SMILES string of the molecule is CN(C)C(=O)C(CC(=O)OC(C)(C)C)N(C)C(=O)[C@H](C1CCCC1)N(C)C. The number of hydrogen-bond acceptors (Lipinski definition) is 5. The number of carbonyl (C=O) groups is 3. The molecule has 0 aliphatic heterocycles. The van der Waals surface area contributed by atoms with Crippen molar-refractivity contribution in [2.75, 3.05) is 35.2 Å². The van der Waals surface area contributed by atoms with Crippen molar-refractivity contribution in [3.63, 3.8) is 0 Å². The lowest BCUT2D eigenvalue weighted by atomic mass is 9.95. The van der Waals surface area contributed by atoms with E-state index in [1.54, 1.807) is 41.9 Å². The fraction of sp³-hybridized carbons (Fsp3) is 0.850. The summed E-state index contributed by atoms with van der Waals surface area (Å²) >= 11 is 0. The van der Waals surface area contributed by atoms with E-state index in [0.717, 1.165) is 25.7 Å². The Morgan fingerprint density at radius 2 is 1.48 bits per heavy atom. The number of esters is 1. The molecule has 1 fully saturated rings. The van der Waals surface area contributed by atoms with E-state index in [9.17, 15) is 14.4 Å². The Labute approximate surface area is 164 Å². The molecule has 0 radical (unpaired) electrons. The first-order valence-corrected chi connectivity index (χ1v) is 9.71. The summed E-state index contributed by atoms with van der Waals surface area (Å²) in [6.07, 6.45) is 4.14. The molecule has 2 amide bonds. The zero-order valence-electron chi connectivity index (χ0n) is 18.2. The van der Waals surface area contributed by atoms with Crippen molar-refractivity contribution in [2.45, 2.75) is 70.6 Å². The molecular formula is C20H37N3O4. The molecule has 2 atom stereocenters. The molecule has 27 heavy (non-hydrogen) atoms. The maximum absolute atomic E-state index is 13.3. The Morgan fingerprint density at radius 1 is 0.963 bits per heavy atom. The van der Waals surface area contributed by atoms with E-state index in [-0.39, 0.29) is 30.2 Å². The zero-order chi connectivity index (χ0) is 20.9. The van der Waals surface area contributed by atoms with Crippen LogP contribution in [0.15, 0.2) is 0 Å².